The van der Waals surface area contributed by atoms with E-state index < -0.39 is 15.1 Å². The van der Waals surface area contributed by atoms with E-state index >= 15 is 0 Å². The van der Waals surface area contributed by atoms with E-state index in [-0.39, 0.29) is 0 Å². The van der Waals surface area contributed by atoms with Crippen molar-refractivity contribution in [1.29, 1.82) is 0 Å². The molecule has 4 atom stereocenters. The second-order valence-electron chi connectivity index (χ2n) is 13.6. The first-order valence-electron chi connectivity index (χ1n) is 15.2. The highest BCUT2D eigenvalue weighted by atomic mass is 32.2. The van der Waals surface area contributed by atoms with Crippen LogP contribution in [0.15, 0.2) is 82.3 Å². The minimum absolute atomic E-state index is 0.305. The first kappa shape index (κ1) is 31.7. The Morgan fingerprint density at radius 3 is 2.36 bits per heavy atom. The highest BCUT2D eigenvalue weighted by molar-refractivity contribution is 7.92. The van der Waals surface area contributed by atoms with E-state index in [0.717, 1.165) is 43.6 Å². The van der Waals surface area contributed by atoms with Gasteiger partial charge in [-0.1, -0.05) is 92.5 Å². The Hall–Kier alpha value is -1.87. The minimum Gasteiger partial charge on any atom is -0.223 e. The molecule has 3 heteroatoms. The molecule has 2 aliphatic rings. The molecular formula is C36H54O2S. The lowest BCUT2D eigenvalue weighted by molar-refractivity contribution is -0.0537. The van der Waals surface area contributed by atoms with Gasteiger partial charge >= 0.3 is 0 Å². The van der Waals surface area contributed by atoms with Crippen molar-refractivity contribution < 1.29 is 8.42 Å². The summed E-state index contributed by atoms with van der Waals surface area (Å²) in [4.78, 5) is 0.416. The number of hydrogen-bond donors (Lipinski definition) is 0. The second kappa shape index (κ2) is 13.2. The molecule has 1 aromatic rings. The Bertz CT molecular complexity index is 1180. The number of rotatable bonds is 11. The predicted molar refractivity (Wildman–Crippen MR) is 169 cm³/mol. The van der Waals surface area contributed by atoms with Gasteiger partial charge in [0.15, 0.2) is 9.84 Å². The largest absolute Gasteiger partial charge is 0.223 e. The predicted octanol–water partition coefficient (Wildman–Crippen LogP) is 10.4. The van der Waals surface area contributed by atoms with Crippen LogP contribution in [0.5, 0.6) is 0 Å². The van der Waals surface area contributed by atoms with Gasteiger partial charge in [0.1, 0.15) is 0 Å². The molecule has 2 aliphatic carbocycles. The normalized spacial score (nSPS) is 26.6. The van der Waals surface area contributed by atoms with Crippen LogP contribution in [0.3, 0.4) is 0 Å². The van der Waals surface area contributed by atoms with E-state index in [0.29, 0.717) is 28.1 Å². The molecular weight excluding hydrogens is 496 g/mol. The van der Waals surface area contributed by atoms with E-state index in [1.54, 1.807) is 12.1 Å². The third-order valence-corrected chi connectivity index (χ3v) is 12.2. The van der Waals surface area contributed by atoms with Crippen LogP contribution in [0, 0.1) is 22.7 Å². The maximum absolute atomic E-state index is 13.8. The van der Waals surface area contributed by atoms with Gasteiger partial charge in [0.2, 0.25) is 0 Å². The molecule has 0 N–H and O–H groups in total. The van der Waals surface area contributed by atoms with Gasteiger partial charge < -0.3 is 0 Å². The summed E-state index contributed by atoms with van der Waals surface area (Å²) >= 11 is 0. The van der Waals surface area contributed by atoms with Gasteiger partial charge in [-0.3, -0.25) is 0 Å². The van der Waals surface area contributed by atoms with Crippen LogP contribution in [-0.4, -0.2) is 13.7 Å². The lowest BCUT2D eigenvalue weighted by Gasteiger charge is -2.58. The molecule has 0 aromatic heterocycles. The number of fused-ring (bicyclic) bond motifs is 1. The van der Waals surface area contributed by atoms with Crippen molar-refractivity contribution >= 4 is 9.84 Å². The van der Waals surface area contributed by atoms with E-state index in [9.17, 15) is 8.42 Å². The summed E-state index contributed by atoms with van der Waals surface area (Å²) in [6.07, 6.45) is 17.4. The van der Waals surface area contributed by atoms with Crippen molar-refractivity contribution in [2.75, 3.05) is 0 Å². The average molecular weight is 551 g/mol. The number of benzene rings is 1. The lowest BCUT2D eigenvalue weighted by atomic mass is 9.47. The van der Waals surface area contributed by atoms with Crippen molar-refractivity contribution in [2.24, 2.45) is 22.7 Å². The standard InChI is InChI=1S/C36H54O2S/c1-27(2)15-12-16-28(3)21-23-33(39(37,38)31-18-10-9-11-19-31)30(5)17-13-20-32-29(4)22-24-34-35(6,7)25-14-26-36(32,34)8/h9-11,15,17-19,21,32-34H,4,12-14,16,20,22-26H2,1-3,5-8H3/b28-21+,30-17+/t32-,33?,34-,36+/m0/s1. The number of allylic oxidation sites excluding steroid dienone is 6. The summed E-state index contributed by atoms with van der Waals surface area (Å²) in [7, 11) is -3.48. The molecule has 1 aromatic carbocycles. The zero-order chi connectivity index (χ0) is 28.8. The van der Waals surface area contributed by atoms with Gasteiger partial charge in [-0.05, 0) is 120 Å². The van der Waals surface area contributed by atoms with E-state index in [4.69, 9.17) is 0 Å². The fraction of sp³-hybridized carbons (Fsp3) is 0.611. The Labute approximate surface area is 240 Å². The summed E-state index contributed by atoms with van der Waals surface area (Å²) in [5.41, 5.74) is 5.66. The molecule has 3 rings (SSSR count). The Morgan fingerprint density at radius 1 is 1.00 bits per heavy atom. The topological polar surface area (TPSA) is 34.1 Å². The molecule has 2 nitrogen and oxygen atoms in total. The molecule has 0 spiro atoms. The third-order valence-electron chi connectivity index (χ3n) is 9.97. The van der Waals surface area contributed by atoms with Crippen LogP contribution in [0.25, 0.3) is 0 Å². The van der Waals surface area contributed by atoms with Crippen molar-refractivity contribution in [1.82, 2.24) is 0 Å². The summed E-state index contributed by atoms with van der Waals surface area (Å²) in [6, 6.07) is 8.99. The zero-order valence-corrected chi connectivity index (χ0v) is 26.7. The van der Waals surface area contributed by atoms with Crippen LogP contribution >= 0.6 is 0 Å². The minimum atomic E-state index is -3.48. The molecule has 216 valence electrons. The Kier molecular flexibility index (Phi) is 10.7. The lowest BCUT2D eigenvalue weighted by Crippen LogP contribution is -2.49. The fourth-order valence-corrected chi connectivity index (χ4v) is 9.55. The molecule has 0 amide bonds. The Balaban J connectivity index is 1.81. The van der Waals surface area contributed by atoms with Gasteiger partial charge in [0, 0.05) is 0 Å². The molecule has 0 heterocycles. The maximum Gasteiger partial charge on any atom is 0.185 e. The fourth-order valence-electron chi connectivity index (χ4n) is 7.75. The summed E-state index contributed by atoms with van der Waals surface area (Å²) < 4.78 is 27.6. The van der Waals surface area contributed by atoms with Gasteiger partial charge in [0.05, 0.1) is 10.1 Å². The third kappa shape index (κ3) is 7.66. The first-order valence-corrected chi connectivity index (χ1v) is 16.8. The van der Waals surface area contributed by atoms with Crippen LogP contribution < -0.4 is 0 Å². The summed E-state index contributed by atoms with van der Waals surface area (Å²) in [5.74, 6) is 1.26. The Morgan fingerprint density at radius 2 is 1.69 bits per heavy atom. The van der Waals surface area contributed by atoms with Crippen LogP contribution in [-0.2, 0) is 9.84 Å². The van der Waals surface area contributed by atoms with Gasteiger partial charge in [-0.15, -0.1) is 0 Å². The number of hydrogen-bond acceptors (Lipinski definition) is 2. The summed E-state index contributed by atoms with van der Waals surface area (Å²) in [5, 5.41) is -0.537. The molecule has 2 saturated carbocycles. The second-order valence-corrected chi connectivity index (χ2v) is 15.8. The monoisotopic (exact) mass is 550 g/mol. The molecule has 1 unspecified atom stereocenters. The van der Waals surface area contributed by atoms with Crippen molar-refractivity contribution in [3.05, 3.63) is 77.4 Å². The smallest absolute Gasteiger partial charge is 0.185 e. The van der Waals surface area contributed by atoms with Crippen molar-refractivity contribution in [2.45, 2.75) is 123 Å². The molecule has 39 heavy (non-hydrogen) atoms. The maximum atomic E-state index is 13.8. The molecule has 2 fully saturated rings. The molecule has 0 aliphatic heterocycles. The van der Waals surface area contributed by atoms with Crippen LogP contribution in [0.2, 0.25) is 0 Å². The van der Waals surface area contributed by atoms with Crippen molar-refractivity contribution in [3.8, 4) is 0 Å². The highest BCUT2D eigenvalue weighted by Crippen LogP contribution is 2.61. The van der Waals surface area contributed by atoms with E-state index in [1.807, 2.05) is 25.1 Å². The first-order chi connectivity index (χ1) is 18.3. The van der Waals surface area contributed by atoms with Crippen LogP contribution in [0.4, 0.5) is 0 Å². The van der Waals surface area contributed by atoms with Crippen molar-refractivity contribution in [3.63, 3.8) is 0 Å². The van der Waals surface area contributed by atoms with E-state index in [1.165, 1.54) is 42.4 Å². The van der Waals surface area contributed by atoms with Gasteiger partial charge in [-0.25, -0.2) is 8.42 Å². The average Bonchev–Trinajstić information content (AvgIpc) is 2.85. The highest BCUT2D eigenvalue weighted by Gasteiger charge is 2.52. The van der Waals surface area contributed by atoms with Crippen LogP contribution in [0.1, 0.15) is 113 Å². The SMILES string of the molecule is C=C1CC[C@H]2C(C)(C)CCC[C@]2(C)[C@H]1CC/C=C(\C)C(C/C=C(\C)CCC=C(C)C)S(=O)(=O)c1ccccc1. The van der Waals surface area contributed by atoms with E-state index in [2.05, 4.69) is 66.3 Å². The molecule has 0 saturated heterocycles. The summed E-state index contributed by atoms with van der Waals surface area (Å²) in [6.45, 7) is 20.4. The number of sulfone groups is 1. The van der Waals surface area contributed by atoms with Gasteiger partial charge in [-0.2, -0.15) is 0 Å². The van der Waals surface area contributed by atoms with Gasteiger partial charge in [0.25, 0.3) is 0 Å². The molecule has 0 radical (unpaired) electrons. The molecule has 0 bridgehead atoms. The zero-order valence-electron chi connectivity index (χ0n) is 25.9. The quantitative estimate of drug-likeness (QED) is 0.257.